The summed E-state index contributed by atoms with van der Waals surface area (Å²) in [5.74, 6) is -0.362. The molecule has 2 aliphatic rings. The number of amides is 1. The van der Waals surface area contributed by atoms with Gasteiger partial charge in [0.2, 0.25) is 5.91 Å². The van der Waals surface area contributed by atoms with E-state index in [9.17, 15) is 9.18 Å². The number of piperidine rings is 1. The van der Waals surface area contributed by atoms with E-state index < -0.39 is 0 Å². The fourth-order valence-electron chi connectivity index (χ4n) is 4.75. The minimum atomic E-state index is -0.226. The number of nitrogens with zero attached hydrogens (tertiary/aromatic N) is 2. The quantitative estimate of drug-likeness (QED) is 0.721. The van der Waals surface area contributed by atoms with Crippen LogP contribution in [0.3, 0.4) is 0 Å². The molecule has 7 heteroatoms. The molecule has 1 amide bonds. The first-order valence-electron chi connectivity index (χ1n) is 10.7. The Bertz CT molecular complexity index is 931. The maximum atomic E-state index is 14.7. The van der Waals surface area contributed by atoms with Crippen molar-refractivity contribution in [2.75, 3.05) is 44.2 Å². The molecule has 4 rings (SSSR count). The van der Waals surface area contributed by atoms with E-state index in [1.807, 2.05) is 42.2 Å². The summed E-state index contributed by atoms with van der Waals surface area (Å²) in [6.07, 6.45) is 0.776. The maximum Gasteiger partial charge on any atom is 0.227 e. The molecular formula is C24H30Cl2FN3O. The Morgan fingerprint density at radius 3 is 2.55 bits per heavy atom. The zero-order chi connectivity index (χ0) is 21.3. The summed E-state index contributed by atoms with van der Waals surface area (Å²) >= 11 is 6.18. The summed E-state index contributed by atoms with van der Waals surface area (Å²) in [6.45, 7) is 8.27. The average Bonchev–Trinajstić information content (AvgIpc) is 2.75. The van der Waals surface area contributed by atoms with Gasteiger partial charge in [-0.25, -0.2) is 4.39 Å². The molecule has 0 saturated carbocycles. The molecule has 2 fully saturated rings. The number of rotatable bonds is 3. The second-order valence-electron chi connectivity index (χ2n) is 8.47. The van der Waals surface area contributed by atoms with Gasteiger partial charge in [-0.1, -0.05) is 29.8 Å². The largest absolute Gasteiger partial charge is 0.368 e. The monoisotopic (exact) mass is 465 g/mol. The smallest absolute Gasteiger partial charge is 0.227 e. The molecule has 0 aliphatic carbocycles. The Morgan fingerprint density at radius 2 is 1.84 bits per heavy atom. The van der Waals surface area contributed by atoms with Crippen LogP contribution in [0.4, 0.5) is 10.1 Å². The van der Waals surface area contributed by atoms with E-state index in [0.717, 1.165) is 42.3 Å². The molecule has 0 spiro atoms. The summed E-state index contributed by atoms with van der Waals surface area (Å²) in [6, 6.07) is 11.3. The van der Waals surface area contributed by atoms with Crippen LogP contribution in [0, 0.1) is 25.6 Å². The van der Waals surface area contributed by atoms with Gasteiger partial charge in [0, 0.05) is 49.4 Å². The number of anilines is 1. The van der Waals surface area contributed by atoms with E-state index in [2.05, 4.69) is 17.1 Å². The zero-order valence-electron chi connectivity index (χ0n) is 18.0. The lowest BCUT2D eigenvalue weighted by molar-refractivity contribution is -0.137. The van der Waals surface area contributed by atoms with Crippen LogP contribution in [0.5, 0.6) is 0 Å². The molecule has 2 saturated heterocycles. The Hall–Kier alpha value is -1.82. The molecule has 0 bridgehead atoms. The summed E-state index contributed by atoms with van der Waals surface area (Å²) in [4.78, 5) is 17.6. The predicted molar refractivity (Wildman–Crippen MR) is 127 cm³/mol. The van der Waals surface area contributed by atoms with Crippen molar-refractivity contribution in [1.29, 1.82) is 0 Å². The molecule has 2 atom stereocenters. The predicted octanol–water partition coefficient (Wildman–Crippen LogP) is 4.56. The lowest BCUT2D eigenvalue weighted by atomic mass is 9.79. The first kappa shape index (κ1) is 23.8. The zero-order valence-corrected chi connectivity index (χ0v) is 19.6. The third-order valence-electron chi connectivity index (χ3n) is 6.46. The van der Waals surface area contributed by atoms with E-state index in [0.29, 0.717) is 25.2 Å². The number of carbonyl (C=O) groups is 1. The Kier molecular flexibility index (Phi) is 7.84. The molecule has 0 radical (unpaired) electrons. The first-order chi connectivity index (χ1) is 14.4. The first-order valence-corrected chi connectivity index (χ1v) is 11.1. The molecule has 2 aromatic rings. The van der Waals surface area contributed by atoms with Crippen molar-refractivity contribution in [2.45, 2.75) is 26.2 Å². The average molecular weight is 466 g/mol. The lowest BCUT2D eigenvalue weighted by Gasteiger charge is -2.40. The van der Waals surface area contributed by atoms with Crippen LogP contribution >= 0.6 is 24.0 Å². The van der Waals surface area contributed by atoms with Crippen molar-refractivity contribution in [3.63, 3.8) is 0 Å². The number of nitrogens with one attached hydrogen (secondary N) is 1. The molecule has 4 nitrogen and oxygen atoms in total. The van der Waals surface area contributed by atoms with Gasteiger partial charge >= 0.3 is 0 Å². The summed E-state index contributed by atoms with van der Waals surface area (Å²) in [5.41, 5.74) is 3.90. The molecular weight excluding hydrogens is 436 g/mol. The molecule has 1 N–H and O–H groups in total. The number of benzene rings is 2. The number of hydrogen-bond acceptors (Lipinski definition) is 3. The normalized spacial score (nSPS) is 21.5. The highest BCUT2D eigenvalue weighted by molar-refractivity contribution is 6.30. The van der Waals surface area contributed by atoms with Crippen LogP contribution in [-0.2, 0) is 4.79 Å². The van der Waals surface area contributed by atoms with E-state index in [1.165, 1.54) is 5.56 Å². The van der Waals surface area contributed by atoms with Crippen LogP contribution in [0.25, 0.3) is 0 Å². The summed E-state index contributed by atoms with van der Waals surface area (Å²) in [7, 11) is 0. The van der Waals surface area contributed by atoms with E-state index in [-0.39, 0.29) is 36.0 Å². The van der Waals surface area contributed by atoms with Crippen LogP contribution in [0.1, 0.15) is 29.0 Å². The van der Waals surface area contributed by atoms with Gasteiger partial charge in [-0.05, 0) is 61.7 Å². The summed E-state index contributed by atoms with van der Waals surface area (Å²) in [5, 5.41) is 4.07. The maximum absolute atomic E-state index is 14.7. The van der Waals surface area contributed by atoms with Gasteiger partial charge in [0.1, 0.15) is 5.82 Å². The highest BCUT2D eigenvalue weighted by Gasteiger charge is 2.36. The fraction of sp³-hybridized carbons (Fsp3) is 0.458. The van der Waals surface area contributed by atoms with Gasteiger partial charge in [0.25, 0.3) is 0 Å². The number of hydrogen-bond donors (Lipinski definition) is 1. The van der Waals surface area contributed by atoms with E-state index in [4.69, 9.17) is 11.6 Å². The fourth-order valence-corrected chi connectivity index (χ4v) is 4.91. The third kappa shape index (κ3) is 5.16. The highest BCUT2D eigenvalue weighted by atomic mass is 35.5. The van der Waals surface area contributed by atoms with Gasteiger partial charge < -0.3 is 15.1 Å². The number of aryl methyl sites for hydroxylation is 2. The minimum Gasteiger partial charge on any atom is -0.368 e. The molecule has 2 aromatic carbocycles. The highest BCUT2D eigenvalue weighted by Crippen LogP contribution is 2.34. The number of halogens is 3. The standard InChI is InChI=1S/C24H29ClFN3O.ClH/c1-16-3-6-20(22(26)13-16)19-7-8-27-15-21(19)24(30)29-11-9-28(10-12-29)23-14-18(25)5-4-17(23)2;/h3-6,13-14,19,21,27H,7-12,15H2,1-2H3;1H/t19-,21-;/m1./s1. The van der Waals surface area contributed by atoms with Gasteiger partial charge in [-0.3, -0.25) is 4.79 Å². The van der Waals surface area contributed by atoms with Crippen LogP contribution in [-0.4, -0.2) is 50.1 Å². The van der Waals surface area contributed by atoms with Crippen molar-refractivity contribution in [2.24, 2.45) is 5.92 Å². The Balaban J connectivity index is 0.00000272. The second-order valence-corrected chi connectivity index (χ2v) is 8.91. The minimum absolute atomic E-state index is 0. The number of piperazine rings is 1. The van der Waals surface area contributed by atoms with Gasteiger partial charge in [0.05, 0.1) is 5.92 Å². The van der Waals surface area contributed by atoms with Crippen molar-refractivity contribution in [3.05, 3.63) is 63.9 Å². The van der Waals surface area contributed by atoms with Crippen LogP contribution in [0.15, 0.2) is 36.4 Å². The van der Waals surface area contributed by atoms with Crippen molar-refractivity contribution >= 4 is 35.6 Å². The topological polar surface area (TPSA) is 35.6 Å². The number of carbonyl (C=O) groups excluding carboxylic acids is 1. The van der Waals surface area contributed by atoms with Crippen molar-refractivity contribution < 1.29 is 9.18 Å². The Morgan fingerprint density at radius 1 is 1.10 bits per heavy atom. The molecule has 31 heavy (non-hydrogen) atoms. The molecule has 0 unspecified atom stereocenters. The van der Waals surface area contributed by atoms with E-state index >= 15 is 0 Å². The third-order valence-corrected chi connectivity index (χ3v) is 6.69. The van der Waals surface area contributed by atoms with Gasteiger partial charge in [-0.15, -0.1) is 12.4 Å². The molecule has 2 heterocycles. The molecule has 168 valence electrons. The van der Waals surface area contributed by atoms with Gasteiger partial charge in [-0.2, -0.15) is 0 Å². The lowest BCUT2D eigenvalue weighted by Crippen LogP contribution is -2.53. The van der Waals surface area contributed by atoms with E-state index in [1.54, 1.807) is 6.07 Å². The SMILES string of the molecule is Cc1ccc([C@H]2CCNC[C@H]2C(=O)N2CCN(c3cc(Cl)ccc3C)CC2)c(F)c1.Cl. The Labute approximate surface area is 195 Å². The van der Waals surface area contributed by atoms with Crippen molar-refractivity contribution in [3.8, 4) is 0 Å². The molecule has 2 aliphatic heterocycles. The van der Waals surface area contributed by atoms with Crippen LogP contribution < -0.4 is 10.2 Å². The van der Waals surface area contributed by atoms with Crippen molar-refractivity contribution in [1.82, 2.24) is 10.2 Å². The molecule has 0 aromatic heterocycles. The summed E-state index contributed by atoms with van der Waals surface area (Å²) < 4.78 is 14.7. The second kappa shape index (κ2) is 10.2. The van der Waals surface area contributed by atoms with Crippen LogP contribution in [0.2, 0.25) is 5.02 Å². The van der Waals surface area contributed by atoms with Gasteiger partial charge in [0.15, 0.2) is 0 Å².